The van der Waals surface area contributed by atoms with Gasteiger partial charge in [0.2, 0.25) is 18.1 Å². The van der Waals surface area contributed by atoms with E-state index in [2.05, 4.69) is 20.2 Å². The van der Waals surface area contributed by atoms with Crippen LogP contribution >= 0.6 is 0 Å². The Balaban J connectivity index is 1.45. The summed E-state index contributed by atoms with van der Waals surface area (Å²) in [5.41, 5.74) is 1.61. The van der Waals surface area contributed by atoms with Crippen molar-refractivity contribution >= 4 is 11.9 Å². The van der Waals surface area contributed by atoms with Crippen LogP contribution in [0.4, 0.5) is 10.3 Å². The molecule has 1 amide bonds. The number of aromatic nitrogens is 4. The fourth-order valence-electron chi connectivity index (χ4n) is 4.29. The Labute approximate surface area is 207 Å². The highest BCUT2D eigenvalue weighted by Gasteiger charge is 2.40. The van der Waals surface area contributed by atoms with Gasteiger partial charge >= 0.3 is 0 Å². The third-order valence-electron chi connectivity index (χ3n) is 6.33. The van der Waals surface area contributed by atoms with E-state index in [4.69, 9.17) is 24.7 Å². The molecule has 2 aliphatic rings. The average molecular weight is 492 g/mol. The molecule has 2 N–H and O–H groups in total. The Morgan fingerprint density at radius 3 is 2.64 bits per heavy atom. The zero-order valence-corrected chi connectivity index (χ0v) is 19.8. The van der Waals surface area contributed by atoms with E-state index in [0.717, 1.165) is 25.9 Å². The fourth-order valence-corrected chi connectivity index (χ4v) is 4.29. The van der Waals surface area contributed by atoms with Crippen LogP contribution in [0.5, 0.6) is 0 Å². The van der Waals surface area contributed by atoms with Crippen molar-refractivity contribution in [3.05, 3.63) is 48.2 Å². The lowest BCUT2D eigenvalue weighted by Crippen LogP contribution is -2.48. The maximum Gasteiger partial charge on any atom is 0.231 e. The zero-order chi connectivity index (χ0) is 25.1. The smallest absolute Gasteiger partial charge is 0.231 e. The number of halogens is 1. The second-order valence-corrected chi connectivity index (χ2v) is 9.14. The van der Waals surface area contributed by atoms with Crippen LogP contribution in [0.15, 0.2) is 36.5 Å². The monoisotopic (exact) mass is 491 g/mol. The number of ether oxygens (including phenoxy) is 2. The number of carbonyl (C=O) groups is 1. The molecule has 11 heteroatoms. The van der Waals surface area contributed by atoms with Gasteiger partial charge in [0.1, 0.15) is 12.4 Å². The Kier molecular flexibility index (Phi) is 6.63. The van der Waals surface area contributed by atoms with Crippen LogP contribution in [-0.4, -0.2) is 58.7 Å². The molecule has 2 aromatic heterocycles. The average Bonchev–Trinajstić information content (AvgIpc) is 3.59. The van der Waals surface area contributed by atoms with Crippen molar-refractivity contribution in [1.82, 2.24) is 25.3 Å². The summed E-state index contributed by atoms with van der Waals surface area (Å²) in [4.78, 5) is 31.8. The lowest BCUT2D eigenvalue weighted by Gasteiger charge is -2.35. The molecular weight excluding hydrogens is 465 g/mol. The second kappa shape index (κ2) is 10.0. The van der Waals surface area contributed by atoms with Gasteiger partial charge in [-0.15, -0.1) is 0 Å². The lowest BCUT2D eigenvalue weighted by atomic mass is 9.91. The topological polar surface area (TPSA) is 129 Å². The molecule has 0 saturated carbocycles. The van der Waals surface area contributed by atoms with Gasteiger partial charge in [0.05, 0.1) is 41.8 Å². The predicted octanol–water partition coefficient (Wildman–Crippen LogP) is 2.96. The molecule has 10 nitrogen and oxygen atoms in total. The first kappa shape index (κ1) is 23.8. The number of nitriles is 1. The normalized spacial score (nSPS) is 21.8. The number of imidazole rings is 1. The van der Waals surface area contributed by atoms with E-state index in [-0.39, 0.29) is 31.5 Å². The van der Waals surface area contributed by atoms with E-state index in [9.17, 15) is 9.18 Å². The first-order valence-electron chi connectivity index (χ1n) is 11.8. The first-order chi connectivity index (χ1) is 17.5. The minimum atomic E-state index is -0.931. The van der Waals surface area contributed by atoms with Crippen molar-refractivity contribution in [2.45, 2.75) is 26.1 Å². The van der Waals surface area contributed by atoms with Gasteiger partial charge in [0, 0.05) is 24.8 Å². The van der Waals surface area contributed by atoms with Crippen LogP contribution in [-0.2, 0) is 14.3 Å². The zero-order valence-electron chi connectivity index (χ0n) is 19.8. The van der Waals surface area contributed by atoms with Crippen LogP contribution in [0.3, 0.4) is 0 Å². The predicted molar refractivity (Wildman–Crippen MR) is 128 cm³/mol. The number of amides is 1. The highest BCUT2D eigenvalue weighted by atomic mass is 19.1. The molecule has 2 aliphatic heterocycles. The summed E-state index contributed by atoms with van der Waals surface area (Å²) in [6, 6.07) is 9.74. The van der Waals surface area contributed by atoms with Crippen molar-refractivity contribution in [3.63, 3.8) is 0 Å². The van der Waals surface area contributed by atoms with Gasteiger partial charge in [-0.25, -0.2) is 19.3 Å². The van der Waals surface area contributed by atoms with E-state index in [0.29, 0.717) is 34.4 Å². The summed E-state index contributed by atoms with van der Waals surface area (Å²) in [5.74, 6) is 0.396. The Morgan fingerprint density at radius 1 is 1.22 bits per heavy atom. The number of aromatic amines is 1. The number of benzene rings is 1. The summed E-state index contributed by atoms with van der Waals surface area (Å²) in [6.07, 6.45) is 3.08. The SMILES string of the molecule is CC1(C(=O)NCC#N)COC(c2nc(-c3ccc(F)cc3)c(-c3ccnc(N4CCCC4)n3)[nH]2)OC1. The third kappa shape index (κ3) is 4.78. The number of rotatable bonds is 6. The molecule has 0 atom stereocenters. The third-order valence-corrected chi connectivity index (χ3v) is 6.33. The van der Waals surface area contributed by atoms with Crippen molar-refractivity contribution < 1.29 is 18.7 Å². The van der Waals surface area contributed by atoms with Crippen LogP contribution in [0.1, 0.15) is 31.9 Å². The molecule has 2 saturated heterocycles. The molecule has 0 bridgehead atoms. The highest BCUT2D eigenvalue weighted by molar-refractivity contribution is 5.83. The number of carbonyl (C=O) groups excluding carboxylic acids is 1. The van der Waals surface area contributed by atoms with Crippen LogP contribution in [0, 0.1) is 22.6 Å². The number of H-pyrrole nitrogens is 1. The molecule has 1 aromatic carbocycles. The molecule has 5 rings (SSSR count). The van der Waals surface area contributed by atoms with Crippen molar-refractivity contribution in [3.8, 4) is 28.7 Å². The quantitative estimate of drug-likeness (QED) is 0.504. The van der Waals surface area contributed by atoms with Crippen LogP contribution < -0.4 is 10.2 Å². The maximum absolute atomic E-state index is 13.6. The summed E-state index contributed by atoms with van der Waals surface area (Å²) >= 11 is 0. The standard InChI is InChI=1S/C25H26FN7O3/c1-25(23(34)28-11-9-27)14-35-22(36-15-25)21-31-19(16-4-6-17(26)7-5-16)20(32-21)18-8-10-29-24(30-18)33-12-2-3-13-33/h4-8,10,22H,2-3,11-15H2,1H3,(H,28,34)(H,31,32). The Hall–Kier alpha value is -3.88. The Bertz CT molecular complexity index is 1270. The Morgan fingerprint density at radius 2 is 1.94 bits per heavy atom. The number of hydrogen-bond acceptors (Lipinski definition) is 8. The van der Waals surface area contributed by atoms with E-state index < -0.39 is 11.7 Å². The summed E-state index contributed by atoms with van der Waals surface area (Å²) in [6.45, 7) is 3.62. The molecule has 4 heterocycles. The van der Waals surface area contributed by atoms with E-state index in [1.54, 1.807) is 31.3 Å². The van der Waals surface area contributed by atoms with Crippen molar-refractivity contribution in [2.24, 2.45) is 5.41 Å². The molecule has 0 spiro atoms. The van der Waals surface area contributed by atoms with Gasteiger partial charge in [-0.05, 0) is 50.1 Å². The van der Waals surface area contributed by atoms with E-state index in [1.807, 2.05) is 6.07 Å². The van der Waals surface area contributed by atoms with Gasteiger partial charge in [-0.3, -0.25) is 4.79 Å². The number of nitrogens with zero attached hydrogens (tertiary/aromatic N) is 5. The first-order valence-corrected chi connectivity index (χ1v) is 11.8. The summed E-state index contributed by atoms with van der Waals surface area (Å²) < 4.78 is 25.4. The van der Waals surface area contributed by atoms with Gasteiger partial charge < -0.3 is 24.7 Å². The van der Waals surface area contributed by atoms with Gasteiger partial charge in [0.25, 0.3) is 0 Å². The largest absolute Gasteiger partial charge is 0.345 e. The molecule has 0 aliphatic carbocycles. The van der Waals surface area contributed by atoms with Crippen LogP contribution in [0.25, 0.3) is 22.6 Å². The number of nitrogens with one attached hydrogen (secondary N) is 2. The van der Waals surface area contributed by atoms with Crippen molar-refractivity contribution in [1.29, 1.82) is 5.26 Å². The number of hydrogen-bond donors (Lipinski definition) is 2. The summed E-state index contributed by atoms with van der Waals surface area (Å²) in [5, 5.41) is 11.3. The molecule has 2 fully saturated rings. The highest BCUT2D eigenvalue weighted by Crippen LogP contribution is 2.35. The van der Waals surface area contributed by atoms with Crippen LogP contribution in [0.2, 0.25) is 0 Å². The lowest BCUT2D eigenvalue weighted by molar-refractivity contribution is -0.230. The molecule has 186 valence electrons. The molecule has 0 radical (unpaired) electrons. The minimum absolute atomic E-state index is 0.0845. The fraction of sp³-hybridized carbons (Fsp3) is 0.400. The molecular formula is C25H26FN7O3. The second-order valence-electron chi connectivity index (χ2n) is 9.14. The van der Waals surface area contributed by atoms with Crippen molar-refractivity contribution in [2.75, 3.05) is 37.7 Å². The van der Waals surface area contributed by atoms with Gasteiger partial charge in [0.15, 0.2) is 5.82 Å². The minimum Gasteiger partial charge on any atom is -0.345 e. The molecule has 36 heavy (non-hydrogen) atoms. The van der Waals surface area contributed by atoms with Gasteiger partial charge in [-0.1, -0.05) is 0 Å². The maximum atomic E-state index is 13.6. The number of anilines is 1. The van der Waals surface area contributed by atoms with E-state index in [1.165, 1.54) is 12.1 Å². The molecule has 3 aromatic rings. The van der Waals surface area contributed by atoms with E-state index >= 15 is 0 Å². The molecule has 0 unspecified atom stereocenters. The van der Waals surface area contributed by atoms with Gasteiger partial charge in [-0.2, -0.15) is 5.26 Å². The summed E-state index contributed by atoms with van der Waals surface area (Å²) in [7, 11) is 0.